The summed E-state index contributed by atoms with van der Waals surface area (Å²) in [4.78, 5) is 11.7. The van der Waals surface area contributed by atoms with E-state index in [1.807, 2.05) is 0 Å². The minimum atomic E-state index is -0.813. The van der Waals surface area contributed by atoms with Gasteiger partial charge in [0.1, 0.15) is 5.41 Å². The van der Waals surface area contributed by atoms with Crippen molar-refractivity contribution in [1.29, 1.82) is 0 Å². The van der Waals surface area contributed by atoms with Gasteiger partial charge in [-0.3, -0.25) is 4.79 Å². The van der Waals surface area contributed by atoms with E-state index in [-0.39, 0.29) is 13.2 Å². The van der Waals surface area contributed by atoms with Gasteiger partial charge in [0.2, 0.25) is 11.7 Å². The van der Waals surface area contributed by atoms with E-state index in [4.69, 9.17) is 24.7 Å². The molecule has 2 N–H and O–H groups in total. The number of nitrogens with two attached hydrogens (primary N) is 1. The first kappa shape index (κ1) is 13.5. The zero-order chi connectivity index (χ0) is 14.0. The monoisotopic (exact) mass is 267 g/mol. The minimum Gasteiger partial charge on any atom is -0.493 e. The first-order valence-corrected chi connectivity index (χ1v) is 5.77. The molecule has 0 saturated carbocycles. The lowest BCUT2D eigenvalue weighted by molar-refractivity contribution is -0.141. The van der Waals surface area contributed by atoms with Gasteiger partial charge in [-0.15, -0.1) is 0 Å². The number of primary amides is 1. The normalized spacial score (nSPS) is 16.4. The summed E-state index contributed by atoms with van der Waals surface area (Å²) < 4.78 is 20.9. The van der Waals surface area contributed by atoms with Crippen molar-refractivity contribution in [2.45, 2.75) is 5.41 Å². The first-order chi connectivity index (χ1) is 9.08. The fourth-order valence-electron chi connectivity index (χ4n) is 2.11. The van der Waals surface area contributed by atoms with Gasteiger partial charge in [0, 0.05) is 0 Å². The second-order valence-electron chi connectivity index (χ2n) is 4.35. The predicted molar refractivity (Wildman–Crippen MR) is 67.8 cm³/mol. The summed E-state index contributed by atoms with van der Waals surface area (Å²) in [7, 11) is 4.57. The molecular weight excluding hydrogens is 250 g/mol. The molecule has 1 aliphatic heterocycles. The lowest BCUT2D eigenvalue weighted by Gasteiger charge is -2.39. The van der Waals surface area contributed by atoms with E-state index in [1.54, 1.807) is 12.1 Å². The van der Waals surface area contributed by atoms with E-state index in [9.17, 15) is 4.79 Å². The van der Waals surface area contributed by atoms with Crippen LogP contribution in [0.5, 0.6) is 17.2 Å². The van der Waals surface area contributed by atoms with Crippen LogP contribution in [0.15, 0.2) is 12.1 Å². The van der Waals surface area contributed by atoms with Gasteiger partial charge in [-0.25, -0.2) is 0 Å². The van der Waals surface area contributed by atoms with Crippen LogP contribution in [0.25, 0.3) is 0 Å². The SMILES string of the molecule is COc1cc(C2(C(N)=O)COC2)cc(OC)c1OC. The lowest BCUT2D eigenvalue weighted by atomic mass is 9.77. The van der Waals surface area contributed by atoms with Gasteiger partial charge in [-0.05, 0) is 17.7 Å². The van der Waals surface area contributed by atoms with E-state index in [1.165, 1.54) is 21.3 Å². The van der Waals surface area contributed by atoms with Crippen LogP contribution in [0.3, 0.4) is 0 Å². The Labute approximate surface area is 111 Å². The van der Waals surface area contributed by atoms with Gasteiger partial charge < -0.3 is 24.7 Å². The van der Waals surface area contributed by atoms with Crippen molar-refractivity contribution in [3.8, 4) is 17.2 Å². The second-order valence-corrected chi connectivity index (χ2v) is 4.35. The third-order valence-electron chi connectivity index (χ3n) is 3.39. The van der Waals surface area contributed by atoms with Crippen molar-refractivity contribution >= 4 is 5.91 Å². The number of carbonyl (C=O) groups excluding carboxylic acids is 1. The predicted octanol–water partition coefficient (Wildman–Crippen LogP) is 0.466. The molecule has 1 aliphatic rings. The average Bonchev–Trinajstić information content (AvgIpc) is 2.35. The molecule has 19 heavy (non-hydrogen) atoms. The highest BCUT2D eigenvalue weighted by molar-refractivity contribution is 5.88. The first-order valence-electron chi connectivity index (χ1n) is 5.77. The maximum Gasteiger partial charge on any atom is 0.232 e. The Morgan fingerprint density at radius 3 is 1.95 bits per heavy atom. The molecule has 1 saturated heterocycles. The fourth-order valence-corrected chi connectivity index (χ4v) is 2.11. The van der Waals surface area contributed by atoms with Crippen molar-refractivity contribution in [3.05, 3.63) is 17.7 Å². The number of methoxy groups -OCH3 is 3. The van der Waals surface area contributed by atoms with Crippen LogP contribution in [0, 0.1) is 0 Å². The number of rotatable bonds is 5. The summed E-state index contributed by atoms with van der Waals surface area (Å²) in [6.45, 7) is 0.530. The van der Waals surface area contributed by atoms with Crippen LogP contribution in [-0.4, -0.2) is 40.5 Å². The molecule has 0 atom stereocenters. The highest BCUT2D eigenvalue weighted by Gasteiger charge is 2.47. The molecule has 1 fully saturated rings. The van der Waals surface area contributed by atoms with Crippen LogP contribution in [0.4, 0.5) is 0 Å². The number of amides is 1. The Bertz CT molecular complexity index is 471. The molecule has 1 aromatic carbocycles. The summed E-state index contributed by atoms with van der Waals surface area (Å²) in [5, 5.41) is 0. The fraction of sp³-hybridized carbons (Fsp3) is 0.462. The maximum atomic E-state index is 11.7. The van der Waals surface area contributed by atoms with Crippen LogP contribution < -0.4 is 19.9 Å². The molecule has 1 aromatic rings. The summed E-state index contributed by atoms with van der Waals surface area (Å²) in [6.07, 6.45) is 0. The van der Waals surface area contributed by atoms with E-state index in [0.717, 1.165) is 0 Å². The quantitative estimate of drug-likeness (QED) is 0.838. The highest BCUT2D eigenvalue weighted by atomic mass is 16.5. The Kier molecular flexibility index (Phi) is 3.53. The van der Waals surface area contributed by atoms with E-state index < -0.39 is 11.3 Å². The number of hydrogen-bond acceptors (Lipinski definition) is 5. The van der Waals surface area contributed by atoms with Gasteiger partial charge in [0.05, 0.1) is 34.5 Å². The van der Waals surface area contributed by atoms with Crippen molar-refractivity contribution in [2.24, 2.45) is 5.73 Å². The molecule has 1 amide bonds. The second kappa shape index (κ2) is 4.97. The van der Waals surface area contributed by atoms with Gasteiger partial charge >= 0.3 is 0 Å². The van der Waals surface area contributed by atoms with Crippen molar-refractivity contribution < 1.29 is 23.7 Å². The average molecular weight is 267 g/mol. The molecule has 0 unspecified atom stereocenters. The molecule has 0 aliphatic carbocycles. The van der Waals surface area contributed by atoms with Crippen molar-refractivity contribution in [2.75, 3.05) is 34.5 Å². The molecule has 0 bridgehead atoms. The van der Waals surface area contributed by atoms with Crippen LogP contribution in [0.2, 0.25) is 0 Å². The highest BCUT2D eigenvalue weighted by Crippen LogP contribution is 2.43. The Morgan fingerprint density at radius 1 is 1.16 bits per heavy atom. The van der Waals surface area contributed by atoms with E-state index in [0.29, 0.717) is 22.8 Å². The molecule has 6 nitrogen and oxygen atoms in total. The maximum absolute atomic E-state index is 11.7. The minimum absolute atomic E-state index is 0.265. The van der Waals surface area contributed by atoms with Crippen LogP contribution >= 0.6 is 0 Å². The van der Waals surface area contributed by atoms with Gasteiger partial charge in [0.25, 0.3) is 0 Å². The van der Waals surface area contributed by atoms with Crippen molar-refractivity contribution in [3.63, 3.8) is 0 Å². The molecule has 0 aromatic heterocycles. The standard InChI is InChI=1S/C13H17NO5/c1-16-9-4-8(5-10(17-2)11(9)18-3)13(12(14)15)6-19-7-13/h4-5H,6-7H2,1-3H3,(H2,14,15). The van der Waals surface area contributed by atoms with Gasteiger partial charge in [-0.2, -0.15) is 0 Å². The molecule has 0 spiro atoms. The summed E-state index contributed by atoms with van der Waals surface area (Å²) in [5.74, 6) is 1.04. The molecule has 1 heterocycles. The van der Waals surface area contributed by atoms with Crippen LogP contribution in [0.1, 0.15) is 5.56 Å². The zero-order valence-electron chi connectivity index (χ0n) is 11.2. The summed E-state index contributed by atoms with van der Waals surface area (Å²) >= 11 is 0. The Morgan fingerprint density at radius 2 is 1.68 bits per heavy atom. The van der Waals surface area contributed by atoms with Gasteiger partial charge in [0.15, 0.2) is 11.5 Å². The Hall–Kier alpha value is -1.95. The van der Waals surface area contributed by atoms with Gasteiger partial charge in [-0.1, -0.05) is 0 Å². The number of ether oxygens (including phenoxy) is 4. The lowest BCUT2D eigenvalue weighted by Crippen LogP contribution is -2.56. The topological polar surface area (TPSA) is 80.0 Å². The molecule has 6 heteroatoms. The number of benzene rings is 1. The number of carbonyl (C=O) groups is 1. The smallest absolute Gasteiger partial charge is 0.232 e. The largest absolute Gasteiger partial charge is 0.493 e. The molecule has 2 rings (SSSR count). The van der Waals surface area contributed by atoms with E-state index in [2.05, 4.69) is 0 Å². The molecular formula is C13H17NO5. The van der Waals surface area contributed by atoms with Crippen molar-refractivity contribution in [1.82, 2.24) is 0 Å². The zero-order valence-corrected chi connectivity index (χ0v) is 11.2. The Balaban J connectivity index is 2.56. The summed E-state index contributed by atoms with van der Waals surface area (Å²) in [5.41, 5.74) is 5.38. The third kappa shape index (κ3) is 1.98. The molecule has 104 valence electrons. The third-order valence-corrected chi connectivity index (χ3v) is 3.39. The van der Waals surface area contributed by atoms with E-state index >= 15 is 0 Å². The number of hydrogen-bond donors (Lipinski definition) is 1. The summed E-state index contributed by atoms with van der Waals surface area (Å²) in [6, 6.07) is 3.46. The van der Waals surface area contributed by atoms with Crippen LogP contribution in [-0.2, 0) is 14.9 Å². The molecule has 0 radical (unpaired) electrons.